The summed E-state index contributed by atoms with van der Waals surface area (Å²) in [6, 6.07) is 0.755. The van der Waals surface area contributed by atoms with Crippen molar-refractivity contribution in [3.63, 3.8) is 0 Å². The van der Waals surface area contributed by atoms with E-state index in [2.05, 4.69) is 24.1 Å². The molecule has 2 heteroatoms. The maximum atomic E-state index is 3.71. The molecule has 0 radical (unpaired) electrons. The SMILES string of the molecule is CCCNC1CCCN(CC2(C)CCCCC2)C1. The van der Waals surface area contributed by atoms with Gasteiger partial charge in [-0.3, -0.25) is 0 Å². The molecule has 1 saturated carbocycles. The summed E-state index contributed by atoms with van der Waals surface area (Å²) >= 11 is 0. The molecule has 0 spiro atoms. The van der Waals surface area contributed by atoms with E-state index in [1.165, 1.54) is 77.5 Å². The Kier molecular flexibility index (Phi) is 5.50. The molecule has 1 aliphatic carbocycles. The summed E-state index contributed by atoms with van der Waals surface area (Å²) in [6.07, 6.45) is 11.3. The van der Waals surface area contributed by atoms with E-state index < -0.39 is 0 Å². The van der Waals surface area contributed by atoms with Crippen LogP contribution in [-0.2, 0) is 0 Å². The average molecular weight is 252 g/mol. The van der Waals surface area contributed by atoms with Gasteiger partial charge in [-0.05, 0) is 50.6 Å². The smallest absolute Gasteiger partial charge is 0.0195 e. The van der Waals surface area contributed by atoms with Crippen molar-refractivity contribution < 1.29 is 0 Å². The fourth-order valence-electron chi connectivity index (χ4n) is 3.82. The third kappa shape index (κ3) is 4.24. The van der Waals surface area contributed by atoms with Gasteiger partial charge in [-0.25, -0.2) is 0 Å². The Morgan fingerprint density at radius 3 is 2.67 bits per heavy atom. The maximum Gasteiger partial charge on any atom is 0.0195 e. The number of nitrogens with one attached hydrogen (secondary N) is 1. The fraction of sp³-hybridized carbons (Fsp3) is 1.00. The molecule has 0 amide bonds. The highest BCUT2D eigenvalue weighted by atomic mass is 15.2. The molecule has 1 heterocycles. The van der Waals surface area contributed by atoms with E-state index in [-0.39, 0.29) is 0 Å². The van der Waals surface area contributed by atoms with Crippen LogP contribution in [-0.4, -0.2) is 37.1 Å². The lowest BCUT2D eigenvalue weighted by Gasteiger charge is -2.41. The molecule has 1 N–H and O–H groups in total. The molecular weight excluding hydrogens is 220 g/mol. The first kappa shape index (κ1) is 14.3. The van der Waals surface area contributed by atoms with Crippen molar-refractivity contribution in [3.8, 4) is 0 Å². The molecule has 0 bridgehead atoms. The lowest BCUT2D eigenvalue weighted by molar-refractivity contribution is 0.0941. The number of hydrogen-bond acceptors (Lipinski definition) is 2. The Morgan fingerprint density at radius 2 is 1.94 bits per heavy atom. The summed E-state index contributed by atoms with van der Waals surface area (Å²) in [5.41, 5.74) is 0.616. The number of likely N-dealkylation sites (tertiary alicyclic amines) is 1. The molecular formula is C16H32N2. The summed E-state index contributed by atoms with van der Waals surface area (Å²) < 4.78 is 0. The van der Waals surface area contributed by atoms with Crippen LogP contribution >= 0.6 is 0 Å². The number of rotatable bonds is 5. The van der Waals surface area contributed by atoms with Crippen LogP contribution in [0.5, 0.6) is 0 Å². The molecule has 0 aromatic rings. The van der Waals surface area contributed by atoms with E-state index in [1.54, 1.807) is 0 Å². The topological polar surface area (TPSA) is 15.3 Å². The highest BCUT2D eigenvalue weighted by Crippen LogP contribution is 2.36. The Bertz CT molecular complexity index is 233. The third-order valence-electron chi connectivity index (χ3n) is 4.85. The lowest BCUT2D eigenvalue weighted by atomic mass is 9.75. The molecule has 1 unspecified atom stereocenters. The molecule has 0 aromatic heterocycles. The van der Waals surface area contributed by atoms with E-state index >= 15 is 0 Å². The molecule has 1 atom stereocenters. The van der Waals surface area contributed by atoms with Crippen LogP contribution in [0.15, 0.2) is 0 Å². The van der Waals surface area contributed by atoms with Gasteiger partial charge in [-0.1, -0.05) is 33.1 Å². The van der Waals surface area contributed by atoms with Gasteiger partial charge in [0.15, 0.2) is 0 Å². The summed E-state index contributed by atoms with van der Waals surface area (Å²) in [5.74, 6) is 0. The van der Waals surface area contributed by atoms with Crippen molar-refractivity contribution in [2.45, 2.75) is 71.3 Å². The van der Waals surface area contributed by atoms with Crippen LogP contribution in [0.1, 0.15) is 65.2 Å². The van der Waals surface area contributed by atoms with Gasteiger partial charge in [-0.2, -0.15) is 0 Å². The molecule has 2 nitrogen and oxygen atoms in total. The predicted octanol–water partition coefficient (Wildman–Crippen LogP) is 3.42. The van der Waals surface area contributed by atoms with E-state index in [9.17, 15) is 0 Å². The van der Waals surface area contributed by atoms with Crippen LogP contribution < -0.4 is 5.32 Å². The third-order valence-corrected chi connectivity index (χ3v) is 4.85. The van der Waals surface area contributed by atoms with Crippen LogP contribution in [0.4, 0.5) is 0 Å². The lowest BCUT2D eigenvalue weighted by Crippen LogP contribution is -2.49. The quantitative estimate of drug-likeness (QED) is 0.806. The molecule has 2 fully saturated rings. The first-order valence-corrected chi connectivity index (χ1v) is 8.18. The maximum absolute atomic E-state index is 3.71. The monoisotopic (exact) mass is 252 g/mol. The minimum atomic E-state index is 0.616. The zero-order valence-corrected chi connectivity index (χ0v) is 12.5. The Morgan fingerprint density at radius 1 is 1.17 bits per heavy atom. The normalized spacial score (nSPS) is 29.3. The van der Waals surface area contributed by atoms with Crippen molar-refractivity contribution >= 4 is 0 Å². The Balaban J connectivity index is 1.77. The average Bonchev–Trinajstić information content (AvgIpc) is 2.37. The minimum absolute atomic E-state index is 0.616. The zero-order chi connectivity index (χ0) is 12.8. The standard InChI is InChI=1S/C16H32N2/c1-3-11-17-15-8-7-12-18(13-15)14-16(2)9-5-4-6-10-16/h15,17H,3-14H2,1-2H3. The van der Waals surface area contributed by atoms with E-state index in [4.69, 9.17) is 0 Å². The molecule has 1 aliphatic heterocycles. The Hall–Kier alpha value is -0.0800. The predicted molar refractivity (Wildman–Crippen MR) is 78.9 cm³/mol. The second-order valence-corrected chi connectivity index (χ2v) is 6.90. The van der Waals surface area contributed by atoms with Gasteiger partial charge in [0.2, 0.25) is 0 Å². The van der Waals surface area contributed by atoms with Crippen molar-refractivity contribution in [2.75, 3.05) is 26.2 Å². The van der Waals surface area contributed by atoms with Crippen molar-refractivity contribution in [1.29, 1.82) is 0 Å². The van der Waals surface area contributed by atoms with Gasteiger partial charge in [0.25, 0.3) is 0 Å². The zero-order valence-electron chi connectivity index (χ0n) is 12.5. The van der Waals surface area contributed by atoms with Crippen LogP contribution in [0, 0.1) is 5.41 Å². The van der Waals surface area contributed by atoms with Crippen LogP contribution in [0.25, 0.3) is 0 Å². The van der Waals surface area contributed by atoms with Crippen molar-refractivity contribution in [3.05, 3.63) is 0 Å². The summed E-state index contributed by atoms with van der Waals surface area (Å²) in [4.78, 5) is 2.74. The van der Waals surface area contributed by atoms with Crippen molar-refractivity contribution in [1.82, 2.24) is 10.2 Å². The first-order chi connectivity index (χ1) is 8.72. The summed E-state index contributed by atoms with van der Waals surface area (Å²) in [5, 5.41) is 3.71. The molecule has 106 valence electrons. The van der Waals surface area contributed by atoms with Crippen molar-refractivity contribution in [2.24, 2.45) is 5.41 Å². The van der Waals surface area contributed by atoms with Gasteiger partial charge >= 0.3 is 0 Å². The van der Waals surface area contributed by atoms with Crippen LogP contribution in [0.3, 0.4) is 0 Å². The second-order valence-electron chi connectivity index (χ2n) is 6.90. The summed E-state index contributed by atoms with van der Waals surface area (Å²) in [7, 11) is 0. The largest absolute Gasteiger partial charge is 0.313 e. The first-order valence-electron chi connectivity index (χ1n) is 8.18. The fourth-order valence-corrected chi connectivity index (χ4v) is 3.82. The highest BCUT2D eigenvalue weighted by Gasteiger charge is 2.30. The molecule has 0 aromatic carbocycles. The Labute approximate surface area is 114 Å². The number of nitrogens with zero attached hydrogens (tertiary/aromatic N) is 1. The van der Waals surface area contributed by atoms with Gasteiger partial charge in [0.05, 0.1) is 0 Å². The van der Waals surface area contributed by atoms with Gasteiger partial charge in [0.1, 0.15) is 0 Å². The molecule has 2 aliphatic rings. The summed E-state index contributed by atoms with van der Waals surface area (Å²) in [6.45, 7) is 9.94. The second kappa shape index (κ2) is 6.91. The van der Waals surface area contributed by atoms with Gasteiger partial charge in [0, 0.05) is 19.1 Å². The number of piperidine rings is 1. The van der Waals surface area contributed by atoms with Gasteiger partial charge in [-0.15, -0.1) is 0 Å². The molecule has 2 rings (SSSR count). The van der Waals surface area contributed by atoms with E-state index in [0.717, 1.165) is 6.04 Å². The van der Waals surface area contributed by atoms with E-state index in [1.807, 2.05) is 0 Å². The van der Waals surface area contributed by atoms with Crippen LogP contribution in [0.2, 0.25) is 0 Å². The number of hydrogen-bond donors (Lipinski definition) is 1. The van der Waals surface area contributed by atoms with E-state index in [0.29, 0.717) is 5.41 Å². The van der Waals surface area contributed by atoms with Gasteiger partial charge < -0.3 is 10.2 Å². The molecule has 1 saturated heterocycles. The molecule has 18 heavy (non-hydrogen) atoms. The highest BCUT2D eigenvalue weighted by molar-refractivity contribution is 4.85. The minimum Gasteiger partial charge on any atom is -0.313 e.